The summed E-state index contributed by atoms with van der Waals surface area (Å²) in [4.78, 5) is 43.8. The minimum Gasteiger partial charge on any atom is -0.477 e. The molecule has 0 spiro atoms. The second-order valence-electron chi connectivity index (χ2n) is 6.85. The van der Waals surface area contributed by atoms with Crippen molar-refractivity contribution in [2.24, 2.45) is 0 Å². The summed E-state index contributed by atoms with van der Waals surface area (Å²) < 4.78 is 43.9. The molecular formula is C17H20F2N3O6P. The van der Waals surface area contributed by atoms with Gasteiger partial charge in [-0.05, 0) is 19.9 Å². The largest absolute Gasteiger partial charge is 0.477 e. The van der Waals surface area contributed by atoms with E-state index in [2.05, 4.69) is 0 Å². The summed E-state index contributed by atoms with van der Waals surface area (Å²) in [5, 5.41) is 8.80. The van der Waals surface area contributed by atoms with E-state index in [0.29, 0.717) is 0 Å². The molecule has 2 heterocycles. The molecule has 1 aromatic carbocycles. The molecule has 0 radical (unpaired) electrons. The topological polar surface area (TPSA) is 123 Å². The number of hydrogen-bond donors (Lipinski definition) is 3. The molecular weight excluding hydrogens is 411 g/mol. The highest BCUT2D eigenvalue weighted by Gasteiger charge is 2.36. The van der Waals surface area contributed by atoms with Crippen LogP contribution >= 0.6 is 7.75 Å². The van der Waals surface area contributed by atoms with Gasteiger partial charge in [-0.1, -0.05) is 0 Å². The van der Waals surface area contributed by atoms with Crippen molar-refractivity contribution in [3.05, 3.63) is 39.7 Å². The van der Waals surface area contributed by atoms with E-state index in [4.69, 9.17) is 0 Å². The number of piperazine rings is 1. The van der Waals surface area contributed by atoms with Gasteiger partial charge in [-0.2, -0.15) is 0 Å². The predicted molar refractivity (Wildman–Crippen MR) is 101 cm³/mol. The summed E-state index contributed by atoms with van der Waals surface area (Å²) in [7, 11) is -4.49. The molecule has 29 heavy (non-hydrogen) atoms. The summed E-state index contributed by atoms with van der Waals surface area (Å²) in [6.45, 7) is 3.09. The molecule has 1 unspecified atom stereocenters. The predicted octanol–water partition coefficient (Wildman–Crippen LogP) is 1.60. The molecule has 1 aromatic heterocycles. The number of hydrogen-bond acceptors (Lipinski definition) is 4. The summed E-state index contributed by atoms with van der Waals surface area (Å²) >= 11 is 0. The molecule has 0 amide bonds. The molecule has 0 bridgehead atoms. The minimum atomic E-state index is -4.49. The minimum absolute atomic E-state index is 0.0433. The average Bonchev–Trinajstić information content (AvgIpc) is 2.61. The van der Waals surface area contributed by atoms with Crippen molar-refractivity contribution >= 4 is 30.3 Å². The number of aromatic carboxylic acids is 1. The van der Waals surface area contributed by atoms with Crippen LogP contribution in [-0.4, -0.2) is 55.8 Å². The van der Waals surface area contributed by atoms with E-state index in [9.17, 15) is 33.4 Å². The number of carboxylic acids is 1. The fourth-order valence-corrected chi connectivity index (χ4v) is 4.64. The lowest BCUT2D eigenvalue weighted by Gasteiger charge is -2.40. The fraction of sp³-hybridized carbons (Fsp3) is 0.412. The van der Waals surface area contributed by atoms with Crippen LogP contribution in [-0.2, 0) is 11.1 Å². The average molecular weight is 431 g/mol. The number of fused-ring (bicyclic) bond motifs is 1. The van der Waals surface area contributed by atoms with E-state index in [0.717, 1.165) is 16.9 Å². The number of halogens is 2. The Morgan fingerprint density at radius 3 is 2.48 bits per heavy atom. The zero-order chi connectivity index (χ0) is 21.7. The molecule has 12 heteroatoms. The monoisotopic (exact) mass is 431 g/mol. The molecule has 3 rings (SSSR count). The molecule has 2 aromatic rings. The lowest BCUT2D eigenvalue weighted by atomic mass is 10.1. The normalized spacial score (nSPS) is 18.4. The van der Waals surface area contributed by atoms with Crippen molar-refractivity contribution < 1.29 is 33.0 Å². The number of nitrogens with zero attached hydrogens (tertiary/aromatic N) is 3. The highest BCUT2D eigenvalue weighted by atomic mass is 31.2. The van der Waals surface area contributed by atoms with Crippen LogP contribution in [0.3, 0.4) is 0 Å². The van der Waals surface area contributed by atoms with Gasteiger partial charge >= 0.3 is 13.7 Å². The van der Waals surface area contributed by atoms with Gasteiger partial charge in [0.2, 0.25) is 5.43 Å². The number of aryl methyl sites for hydroxylation is 1. The van der Waals surface area contributed by atoms with Crippen LogP contribution in [0.5, 0.6) is 0 Å². The number of carboxylic acid groups (broad SMARTS) is 1. The third-order valence-corrected chi connectivity index (χ3v) is 6.31. The van der Waals surface area contributed by atoms with Crippen LogP contribution in [0.1, 0.15) is 24.2 Å². The Morgan fingerprint density at radius 2 is 1.97 bits per heavy atom. The smallest absolute Gasteiger partial charge is 0.403 e. The van der Waals surface area contributed by atoms with E-state index < -0.39 is 48.1 Å². The van der Waals surface area contributed by atoms with E-state index in [1.54, 1.807) is 6.92 Å². The standard InChI is InChI=1S/C17H20F2N3O6P/c1-3-20-8-11(17(24)25)16(23)10-6-12(18)15(13(19)14(10)20)21-4-5-22(9(2)7-21)29(26,27)28/h6,8-9H,3-5,7H2,1-2H3,(H,24,25)(H2,26,27,28). The van der Waals surface area contributed by atoms with E-state index >= 15 is 4.39 Å². The maximum absolute atomic E-state index is 15.4. The number of pyridine rings is 1. The maximum atomic E-state index is 15.4. The molecule has 1 atom stereocenters. The highest BCUT2D eigenvalue weighted by Crippen LogP contribution is 2.43. The zero-order valence-corrected chi connectivity index (χ0v) is 16.6. The lowest BCUT2D eigenvalue weighted by Crippen LogP contribution is -2.50. The van der Waals surface area contributed by atoms with Gasteiger partial charge in [0.25, 0.3) is 0 Å². The van der Waals surface area contributed by atoms with E-state index in [-0.39, 0.29) is 37.1 Å². The van der Waals surface area contributed by atoms with Gasteiger partial charge < -0.3 is 24.4 Å². The number of carbonyl (C=O) groups is 1. The number of benzene rings is 1. The molecule has 9 nitrogen and oxygen atoms in total. The molecule has 158 valence electrons. The van der Waals surface area contributed by atoms with E-state index in [1.165, 1.54) is 16.4 Å². The second kappa shape index (κ2) is 7.49. The Bertz CT molecular complexity index is 1100. The number of aromatic nitrogens is 1. The summed E-state index contributed by atoms with van der Waals surface area (Å²) in [5.74, 6) is -3.56. The summed E-state index contributed by atoms with van der Waals surface area (Å²) in [6, 6.07) is 0.135. The lowest BCUT2D eigenvalue weighted by molar-refractivity contribution is 0.0694. The number of anilines is 1. The first kappa shape index (κ1) is 21.4. The quantitative estimate of drug-likeness (QED) is 0.624. The van der Waals surface area contributed by atoms with Crippen LogP contribution in [0.25, 0.3) is 10.9 Å². The Balaban J connectivity index is 2.16. The zero-order valence-electron chi connectivity index (χ0n) is 15.7. The van der Waals surface area contributed by atoms with Gasteiger partial charge in [-0.3, -0.25) is 4.79 Å². The van der Waals surface area contributed by atoms with Gasteiger partial charge in [-0.25, -0.2) is 22.8 Å². The van der Waals surface area contributed by atoms with Crippen LogP contribution in [0.2, 0.25) is 0 Å². The van der Waals surface area contributed by atoms with Crippen LogP contribution in [0, 0.1) is 11.6 Å². The SMILES string of the molecule is CCn1cc(C(=O)O)c(=O)c2cc(F)c(N3CCN(P(=O)(O)O)C(C)C3)c(F)c21. The molecule has 1 aliphatic rings. The number of rotatable bonds is 4. The Morgan fingerprint density at radius 1 is 1.31 bits per heavy atom. The van der Waals surface area contributed by atoms with Crippen LogP contribution in [0.4, 0.5) is 14.5 Å². The first-order valence-corrected chi connectivity index (χ1v) is 10.4. The van der Waals surface area contributed by atoms with Crippen molar-refractivity contribution in [2.75, 3.05) is 24.5 Å². The third kappa shape index (κ3) is 3.66. The van der Waals surface area contributed by atoms with Gasteiger partial charge in [0.15, 0.2) is 5.82 Å². The van der Waals surface area contributed by atoms with Crippen LogP contribution in [0.15, 0.2) is 17.1 Å². The highest BCUT2D eigenvalue weighted by molar-refractivity contribution is 7.49. The van der Waals surface area contributed by atoms with Gasteiger partial charge in [0.1, 0.15) is 17.1 Å². The van der Waals surface area contributed by atoms with Crippen molar-refractivity contribution in [1.29, 1.82) is 0 Å². The van der Waals surface area contributed by atoms with Gasteiger partial charge in [0.05, 0.1) is 10.9 Å². The summed E-state index contributed by atoms with van der Waals surface area (Å²) in [6.07, 6.45) is 1.02. The Kier molecular flexibility index (Phi) is 5.52. The molecule has 1 saturated heterocycles. The van der Waals surface area contributed by atoms with Crippen molar-refractivity contribution in [2.45, 2.75) is 26.4 Å². The maximum Gasteiger partial charge on any atom is 0.403 e. The van der Waals surface area contributed by atoms with Crippen molar-refractivity contribution in [3.8, 4) is 0 Å². The first-order chi connectivity index (χ1) is 13.5. The third-order valence-electron chi connectivity index (χ3n) is 5.04. The van der Waals surface area contributed by atoms with Crippen molar-refractivity contribution in [1.82, 2.24) is 9.24 Å². The van der Waals surface area contributed by atoms with Gasteiger partial charge in [0, 0.05) is 38.4 Å². The molecule has 3 N–H and O–H groups in total. The molecule has 0 aliphatic carbocycles. The van der Waals surface area contributed by atoms with E-state index in [1.807, 2.05) is 0 Å². The fourth-order valence-electron chi connectivity index (χ4n) is 3.71. The first-order valence-electron chi connectivity index (χ1n) is 8.83. The Labute approximate surface area is 164 Å². The van der Waals surface area contributed by atoms with Crippen LogP contribution < -0.4 is 10.3 Å². The molecule has 1 fully saturated rings. The molecule has 1 aliphatic heterocycles. The van der Waals surface area contributed by atoms with Gasteiger partial charge in [-0.15, -0.1) is 0 Å². The molecule has 0 saturated carbocycles. The Hall–Kier alpha value is -2.33. The second-order valence-corrected chi connectivity index (χ2v) is 8.39. The summed E-state index contributed by atoms with van der Waals surface area (Å²) in [5.41, 5.74) is -2.21. The van der Waals surface area contributed by atoms with Crippen molar-refractivity contribution in [3.63, 3.8) is 0 Å².